The van der Waals surface area contributed by atoms with Crippen LogP contribution in [0.15, 0.2) is 36.4 Å². The van der Waals surface area contributed by atoms with Gasteiger partial charge in [-0.2, -0.15) is 5.10 Å². The van der Waals surface area contributed by atoms with Crippen LogP contribution in [0.4, 0.5) is 5.69 Å². The number of esters is 1. The molecule has 0 saturated heterocycles. The Hall–Kier alpha value is -3.12. The van der Waals surface area contributed by atoms with Crippen LogP contribution in [-0.4, -0.2) is 27.8 Å². The second-order valence-electron chi connectivity index (χ2n) is 8.20. The Bertz CT molecular complexity index is 1140. The lowest BCUT2D eigenvalue weighted by molar-refractivity contribution is -0.123. The molecule has 3 aromatic rings. The van der Waals surface area contributed by atoms with Gasteiger partial charge < -0.3 is 10.1 Å². The SMILES string of the molecule is Cc1ccc(Cn2nc(C)c(C(=O)OC(C)C(=O)Nc3c(C)cc(C)cc3C)c2Cl)cc1. The molecule has 3 rings (SSSR count). The molecule has 0 fully saturated rings. The molecule has 1 aromatic heterocycles. The van der Waals surface area contributed by atoms with Crippen molar-refractivity contribution in [1.82, 2.24) is 9.78 Å². The quantitative estimate of drug-likeness (QED) is 0.513. The lowest BCUT2D eigenvalue weighted by Crippen LogP contribution is -2.30. The number of hydrogen-bond acceptors (Lipinski definition) is 4. The van der Waals surface area contributed by atoms with Crippen LogP contribution in [0.1, 0.15) is 50.8 Å². The van der Waals surface area contributed by atoms with Crippen molar-refractivity contribution >= 4 is 29.2 Å². The van der Waals surface area contributed by atoms with Crippen molar-refractivity contribution in [2.45, 2.75) is 54.2 Å². The average Bonchev–Trinajstić information content (AvgIpc) is 2.99. The molecule has 0 aliphatic carbocycles. The minimum atomic E-state index is -1.00. The molecule has 0 saturated carbocycles. The molecular formula is C25H28ClN3O3. The summed E-state index contributed by atoms with van der Waals surface area (Å²) in [6.45, 7) is 11.5. The maximum Gasteiger partial charge on any atom is 0.343 e. The molecule has 6 nitrogen and oxygen atoms in total. The van der Waals surface area contributed by atoms with Gasteiger partial charge in [-0.15, -0.1) is 0 Å². The number of benzene rings is 2. The second-order valence-corrected chi connectivity index (χ2v) is 8.56. The van der Waals surface area contributed by atoms with E-state index in [4.69, 9.17) is 16.3 Å². The molecule has 0 aliphatic rings. The van der Waals surface area contributed by atoms with E-state index in [1.165, 1.54) is 6.92 Å². The van der Waals surface area contributed by atoms with Gasteiger partial charge in [0.15, 0.2) is 6.10 Å². The molecule has 0 bridgehead atoms. The van der Waals surface area contributed by atoms with Gasteiger partial charge in [0.25, 0.3) is 5.91 Å². The largest absolute Gasteiger partial charge is 0.449 e. The molecule has 2 aromatic carbocycles. The zero-order valence-corrected chi connectivity index (χ0v) is 20.0. The summed E-state index contributed by atoms with van der Waals surface area (Å²) in [4.78, 5) is 25.5. The third kappa shape index (κ3) is 5.19. The number of halogens is 1. The van der Waals surface area contributed by atoms with Gasteiger partial charge in [-0.3, -0.25) is 4.79 Å². The number of hydrogen-bond donors (Lipinski definition) is 1. The van der Waals surface area contributed by atoms with Gasteiger partial charge in [-0.05, 0) is 58.2 Å². The molecule has 1 unspecified atom stereocenters. The van der Waals surface area contributed by atoms with Crippen LogP contribution in [0.3, 0.4) is 0 Å². The van der Waals surface area contributed by atoms with E-state index in [1.54, 1.807) is 11.6 Å². The molecule has 1 N–H and O–H groups in total. The molecule has 7 heteroatoms. The van der Waals surface area contributed by atoms with E-state index in [9.17, 15) is 9.59 Å². The standard InChI is InChI=1S/C25H28ClN3O3/c1-14-7-9-20(10-8-14)13-29-23(26)21(18(5)28-29)25(31)32-19(6)24(30)27-22-16(3)11-15(2)12-17(22)4/h7-12,19H,13H2,1-6H3,(H,27,30). The number of aryl methyl sites for hydroxylation is 5. The Labute approximate surface area is 193 Å². The van der Waals surface area contributed by atoms with E-state index in [0.717, 1.165) is 33.5 Å². The van der Waals surface area contributed by atoms with Crippen LogP contribution >= 0.6 is 11.6 Å². The van der Waals surface area contributed by atoms with Crippen molar-refractivity contribution in [2.75, 3.05) is 5.32 Å². The number of carbonyl (C=O) groups excluding carboxylic acids is 2. The number of nitrogens with one attached hydrogen (secondary N) is 1. The maximum atomic E-state index is 12.8. The Morgan fingerprint density at radius 2 is 1.62 bits per heavy atom. The van der Waals surface area contributed by atoms with Gasteiger partial charge in [0.2, 0.25) is 0 Å². The minimum Gasteiger partial charge on any atom is -0.449 e. The van der Waals surface area contributed by atoms with E-state index in [2.05, 4.69) is 10.4 Å². The van der Waals surface area contributed by atoms with Crippen LogP contribution in [0.2, 0.25) is 5.15 Å². The van der Waals surface area contributed by atoms with Crippen molar-refractivity contribution in [3.63, 3.8) is 0 Å². The Morgan fingerprint density at radius 3 is 2.22 bits per heavy atom. The molecular weight excluding hydrogens is 426 g/mol. The summed E-state index contributed by atoms with van der Waals surface area (Å²) in [6, 6.07) is 12.0. The molecule has 1 heterocycles. The molecule has 168 valence electrons. The predicted octanol–water partition coefficient (Wildman–Crippen LogP) is 5.31. The smallest absolute Gasteiger partial charge is 0.343 e. The zero-order valence-electron chi connectivity index (χ0n) is 19.2. The van der Waals surface area contributed by atoms with Gasteiger partial charge in [-0.1, -0.05) is 59.1 Å². The summed E-state index contributed by atoms with van der Waals surface area (Å²) >= 11 is 6.45. The number of ether oxygens (including phenoxy) is 1. The summed E-state index contributed by atoms with van der Waals surface area (Å²) in [6.07, 6.45) is -1.00. The fourth-order valence-electron chi connectivity index (χ4n) is 3.63. The number of nitrogens with zero attached hydrogens (tertiary/aromatic N) is 2. The van der Waals surface area contributed by atoms with Crippen molar-refractivity contribution in [3.8, 4) is 0 Å². The fourth-order valence-corrected chi connectivity index (χ4v) is 3.94. The highest BCUT2D eigenvalue weighted by Gasteiger charge is 2.26. The molecule has 1 atom stereocenters. The number of anilines is 1. The first-order chi connectivity index (χ1) is 15.1. The number of amides is 1. The Balaban J connectivity index is 1.72. The second kappa shape index (κ2) is 9.57. The highest BCUT2D eigenvalue weighted by Crippen LogP contribution is 2.24. The topological polar surface area (TPSA) is 73.2 Å². The number of aromatic nitrogens is 2. The summed E-state index contributed by atoms with van der Waals surface area (Å²) in [5.41, 5.74) is 6.52. The molecule has 0 radical (unpaired) electrons. The monoisotopic (exact) mass is 453 g/mol. The van der Waals surface area contributed by atoms with Gasteiger partial charge in [0.05, 0.1) is 12.2 Å². The van der Waals surface area contributed by atoms with Crippen LogP contribution in [0, 0.1) is 34.6 Å². The van der Waals surface area contributed by atoms with Crippen LogP contribution in [-0.2, 0) is 16.1 Å². The normalized spacial score (nSPS) is 11.8. The highest BCUT2D eigenvalue weighted by molar-refractivity contribution is 6.32. The van der Waals surface area contributed by atoms with E-state index in [0.29, 0.717) is 12.2 Å². The van der Waals surface area contributed by atoms with Crippen molar-refractivity contribution < 1.29 is 14.3 Å². The molecule has 0 spiro atoms. The average molecular weight is 454 g/mol. The van der Waals surface area contributed by atoms with Gasteiger partial charge in [0.1, 0.15) is 10.7 Å². The van der Waals surface area contributed by atoms with E-state index < -0.39 is 18.0 Å². The van der Waals surface area contributed by atoms with Crippen LogP contribution in [0.5, 0.6) is 0 Å². The summed E-state index contributed by atoms with van der Waals surface area (Å²) < 4.78 is 6.98. The highest BCUT2D eigenvalue weighted by atomic mass is 35.5. The van der Waals surface area contributed by atoms with E-state index >= 15 is 0 Å². The first-order valence-electron chi connectivity index (χ1n) is 10.4. The first-order valence-corrected chi connectivity index (χ1v) is 10.8. The van der Waals surface area contributed by atoms with Gasteiger partial charge in [0, 0.05) is 5.69 Å². The zero-order chi connectivity index (χ0) is 23.6. The summed E-state index contributed by atoms with van der Waals surface area (Å²) in [5, 5.41) is 7.43. The maximum absolute atomic E-state index is 12.8. The van der Waals surface area contributed by atoms with Crippen molar-refractivity contribution in [3.05, 3.63) is 80.6 Å². The van der Waals surface area contributed by atoms with Gasteiger partial charge >= 0.3 is 5.97 Å². The summed E-state index contributed by atoms with van der Waals surface area (Å²) in [7, 11) is 0. The van der Waals surface area contributed by atoms with Crippen LogP contribution < -0.4 is 5.32 Å². The third-order valence-corrected chi connectivity index (χ3v) is 5.68. The predicted molar refractivity (Wildman–Crippen MR) is 126 cm³/mol. The fraction of sp³-hybridized carbons (Fsp3) is 0.320. The summed E-state index contributed by atoms with van der Waals surface area (Å²) in [5.74, 6) is -1.09. The number of rotatable bonds is 6. The molecule has 32 heavy (non-hydrogen) atoms. The van der Waals surface area contributed by atoms with E-state index in [-0.39, 0.29) is 10.7 Å². The molecule has 1 amide bonds. The van der Waals surface area contributed by atoms with E-state index in [1.807, 2.05) is 64.1 Å². The Morgan fingerprint density at radius 1 is 1.03 bits per heavy atom. The first kappa shape index (κ1) is 23.5. The number of carbonyl (C=O) groups is 2. The Kier molecular flexibility index (Phi) is 7.04. The molecule has 0 aliphatic heterocycles. The lowest BCUT2D eigenvalue weighted by atomic mass is 10.0. The van der Waals surface area contributed by atoms with Crippen molar-refractivity contribution in [1.29, 1.82) is 0 Å². The van der Waals surface area contributed by atoms with Crippen molar-refractivity contribution in [2.24, 2.45) is 0 Å². The van der Waals surface area contributed by atoms with Gasteiger partial charge in [-0.25, -0.2) is 9.48 Å². The lowest BCUT2D eigenvalue weighted by Gasteiger charge is -2.17. The van der Waals surface area contributed by atoms with Crippen LogP contribution in [0.25, 0.3) is 0 Å². The minimum absolute atomic E-state index is 0.168. The third-order valence-electron chi connectivity index (χ3n) is 5.30.